The summed E-state index contributed by atoms with van der Waals surface area (Å²) in [5.41, 5.74) is 1.26. The first-order valence-corrected chi connectivity index (χ1v) is 11.3. The van der Waals surface area contributed by atoms with E-state index in [1.165, 1.54) is 54.5 Å². The van der Waals surface area contributed by atoms with Gasteiger partial charge in [0.05, 0.1) is 6.20 Å². The van der Waals surface area contributed by atoms with Crippen LogP contribution in [0.5, 0.6) is 0 Å². The number of carbonyl (C=O) groups is 3. The van der Waals surface area contributed by atoms with Gasteiger partial charge >= 0.3 is 5.97 Å². The van der Waals surface area contributed by atoms with Crippen molar-refractivity contribution >= 4 is 29.4 Å². The maximum absolute atomic E-state index is 13.3. The van der Waals surface area contributed by atoms with Gasteiger partial charge in [-0.1, -0.05) is 11.8 Å². The molecule has 0 aliphatic carbocycles. The zero-order chi connectivity index (χ0) is 22.7. The van der Waals surface area contributed by atoms with E-state index < -0.39 is 24.2 Å². The number of amides is 1. The molecule has 1 N–H and O–H groups in total. The van der Waals surface area contributed by atoms with Crippen LogP contribution in [0.25, 0.3) is 5.69 Å². The Kier molecular flexibility index (Phi) is 6.40. The van der Waals surface area contributed by atoms with E-state index in [9.17, 15) is 18.8 Å². The number of aromatic nitrogens is 3. The van der Waals surface area contributed by atoms with Crippen molar-refractivity contribution in [2.45, 2.75) is 18.0 Å². The van der Waals surface area contributed by atoms with Crippen LogP contribution in [-0.4, -0.2) is 63.0 Å². The van der Waals surface area contributed by atoms with Crippen LogP contribution in [0.1, 0.15) is 44.2 Å². The summed E-state index contributed by atoms with van der Waals surface area (Å²) in [7, 11) is 0. The lowest BCUT2D eigenvalue weighted by atomic mass is 10.2. The maximum Gasteiger partial charge on any atom is 0.357 e. The van der Waals surface area contributed by atoms with Gasteiger partial charge in [0.15, 0.2) is 17.5 Å². The van der Waals surface area contributed by atoms with Gasteiger partial charge in [0, 0.05) is 30.5 Å². The fraction of sp³-hybridized carbons (Fsp3) is 0.273. The molecule has 2 aromatic heterocycles. The Morgan fingerprint density at radius 1 is 1.19 bits per heavy atom. The highest BCUT2D eigenvalue weighted by Gasteiger charge is 2.23. The van der Waals surface area contributed by atoms with Crippen molar-refractivity contribution in [3.8, 4) is 5.69 Å². The van der Waals surface area contributed by atoms with Gasteiger partial charge in [-0.2, -0.15) is 0 Å². The van der Waals surface area contributed by atoms with E-state index in [0.717, 1.165) is 12.8 Å². The van der Waals surface area contributed by atoms with Crippen LogP contribution in [0.4, 0.5) is 4.39 Å². The van der Waals surface area contributed by atoms with Crippen molar-refractivity contribution in [1.82, 2.24) is 19.4 Å². The van der Waals surface area contributed by atoms with E-state index in [1.807, 2.05) is 0 Å². The van der Waals surface area contributed by atoms with Crippen LogP contribution in [-0.2, 0) is 4.74 Å². The number of hydrogen-bond donors (Lipinski definition) is 1. The molecule has 1 aromatic carbocycles. The molecule has 3 heterocycles. The number of ether oxygens (including phenoxy) is 1. The van der Waals surface area contributed by atoms with Crippen LogP contribution >= 0.6 is 11.8 Å². The quantitative estimate of drug-likeness (QED) is 0.333. The summed E-state index contributed by atoms with van der Waals surface area (Å²) < 4.78 is 20.1. The molecule has 3 aromatic rings. The summed E-state index contributed by atoms with van der Waals surface area (Å²) in [5, 5.41) is 0.519. The first-order chi connectivity index (χ1) is 15.5. The predicted molar refractivity (Wildman–Crippen MR) is 116 cm³/mol. The number of hydrogen-bond acceptors (Lipinski definition) is 6. The first-order valence-electron chi connectivity index (χ1n) is 10.0. The lowest BCUT2D eigenvalue weighted by Gasteiger charge is -2.13. The van der Waals surface area contributed by atoms with Crippen LogP contribution in [0.2, 0.25) is 0 Å². The van der Waals surface area contributed by atoms with E-state index >= 15 is 0 Å². The van der Waals surface area contributed by atoms with Crippen LogP contribution in [0.15, 0.2) is 47.9 Å². The first kappa shape index (κ1) is 21.8. The number of H-pyrrole nitrogens is 1. The number of rotatable bonds is 7. The molecule has 1 saturated heterocycles. The summed E-state index contributed by atoms with van der Waals surface area (Å²) in [6.45, 7) is 0.925. The highest BCUT2D eigenvalue weighted by molar-refractivity contribution is 7.98. The standard InChI is InChI=1S/C22H21FN4O4S/c1-32-22-25-12-18(27(22)16-6-4-15(23)5-7-16)21(30)31-13-19(28)14-10-17(24-11-14)20(29)26-8-2-3-9-26/h4-7,10-12,24H,2-3,8-9,13H2,1H3. The van der Waals surface area contributed by atoms with Crippen LogP contribution in [0.3, 0.4) is 0 Å². The van der Waals surface area contributed by atoms with E-state index in [0.29, 0.717) is 29.6 Å². The van der Waals surface area contributed by atoms with E-state index in [2.05, 4.69) is 9.97 Å². The average Bonchev–Trinajstić information content (AvgIpc) is 3.57. The van der Waals surface area contributed by atoms with Gasteiger partial charge in [0.1, 0.15) is 11.5 Å². The predicted octanol–water partition coefficient (Wildman–Crippen LogP) is 3.34. The summed E-state index contributed by atoms with van der Waals surface area (Å²) in [4.78, 5) is 46.4. The number of nitrogens with one attached hydrogen (secondary N) is 1. The smallest absolute Gasteiger partial charge is 0.357 e. The SMILES string of the molecule is CSc1ncc(C(=O)OCC(=O)c2c[nH]c(C(=O)N3CCCC3)c2)n1-c1ccc(F)cc1. The average molecular weight is 456 g/mol. The van der Waals surface area contributed by atoms with Gasteiger partial charge in [-0.3, -0.25) is 14.2 Å². The molecule has 0 atom stereocenters. The zero-order valence-corrected chi connectivity index (χ0v) is 18.2. The largest absolute Gasteiger partial charge is 0.453 e. The summed E-state index contributed by atoms with van der Waals surface area (Å²) in [6, 6.07) is 7.09. The molecule has 4 rings (SSSR count). The number of ketones is 1. The molecule has 1 aliphatic rings. The molecule has 0 unspecified atom stereocenters. The Hall–Kier alpha value is -3.40. The summed E-state index contributed by atoms with van der Waals surface area (Å²) in [5.74, 6) is -1.72. The molecular formula is C22H21FN4O4S. The third-order valence-corrected chi connectivity index (χ3v) is 5.82. The Labute approximate surface area is 187 Å². The topological polar surface area (TPSA) is 97.3 Å². The number of thioether (sulfide) groups is 1. The summed E-state index contributed by atoms with van der Waals surface area (Å²) in [6.07, 6.45) is 6.54. The van der Waals surface area contributed by atoms with Crippen molar-refractivity contribution in [2.24, 2.45) is 0 Å². The molecule has 1 amide bonds. The number of likely N-dealkylation sites (tertiary alicyclic amines) is 1. The zero-order valence-electron chi connectivity index (χ0n) is 17.3. The molecule has 10 heteroatoms. The molecule has 0 radical (unpaired) electrons. The Morgan fingerprint density at radius 3 is 2.59 bits per heavy atom. The summed E-state index contributed by atoms with van der Waals surface area (Å²) >= 11 is 1.31. The number of esters is 1. The number of carbonyl (C=O) groups excluding carboxylic acids is 3. The van der Waals surface area contributed by atoms with E-state index in [1.54, 1.807) is 15.7 Å². The minimum absolute atomic E-state index is 0.118. The van der Waals surface area contributed by atoms with Crippen molar-refractivity contribution in [3.63, 3.8) is 0 Å². The molecule has 1 fully saturated rings. The molecule has 166 valence electrons. The molecular weight excluding hydrogens is 435 g/mol. The minimum atomic E-state index is -0.737. The van der Waals surface area contributed by atoms with Gasteiger partial charge in [-0.05, 0) is 49.4 Å². The van der Waals surface area contributed by atoms with Gasteiger partial charge in [0.25, 0.3) is 5.91 Å². The monoisotopic (exact) mass is 456 g/mol. The van der Waals surface area contributed by atoms with Crippen LogP contribution in [0, 0.1) is 5.82 Å². The lowest BCUT2D eigenvalue weighted by Crippen LogP contribution is -2.27. The van der Waals surface area contributed by atoms with Gasteiger partial charge in [-0.25, -0.2) is 14.2 Å². The fourth-order valence-corrected chi connectivity index (χ4v) is 4.06. The van der Waals surface area contributed by atoms with Crippen molar-refractivity contribution in [2.75, 3.05) is 26.0 Å². The van der Waals surface area contributed by atoms with Crippen molar-refractivity contribution in [1.29, 1.82) is 0 Å². The van der Waals surface area contributed by atoms with Gasteiger partial charge in [-0.15, -0.1) is 0 Å². The van der Waals surface area contributed by atoms with Crippen molar-refractivity contribution < 1.29 is 23.5 Å². The highest BCUT2D eigenvalue weighted by atomic mass is 32.2. The third-order valence-electron chi connectivity index (χ3n) is 5.17. The molecule has 0 spiro atoms. The third kappa shape index (κ3) is 4.45. The second-order valence-corrected chi connectivity index (χ2v) is 8.02. The normalized spacial score (nSPS) is 13.4. The lowest BCUT2D eigenvalue weighted by molar-refractivity contribution is 0.0466. The van der Waals surface area contributed by atoms with E-state index in [4.69, 9.17) is 4.74 Å². The van der Waals surface area contributed by atoms with Gasteiger partial charge in [0.2, 0.25) is 5.78 Å². The Morgan fingerprint density at radius 2 is 1.91 bits per heavy atom. The number of nitrogens with zero attached hydrogens (tertiary/aromatic N) is 3. The number of imidazole rings is 1. The second kappa shape index (κ2) is 9.39. The molecule has 1 aliphatic heterocycles. The van der Waals surface area contributed by atoms with Crippen LogP contribution < -0.4 is 0 Å². The number of benzene rings is 1. The number of aromatic amines is 1. The molecule has 0 bridgehead atoms. The second-order valence-electron chi connectivity index (χ2n) is 7.24. The highest BCUT2D eigenvalue weighted by Crippen LogP contribution is 2.23. The fourth-order valence-electron chi connectivity index (χ4n) is 3.52. The molecule has 0 saturated carbocycles. The van der Waals surface area contributed by atoms with Crippen molar-refractivity contribution in [3.05, 3.63) is 65.5 Å². The van der Waals surface area contributed by atoms with Gasteiger partial charge < -0.3 is 14.6 Å². The maximum atomic E-state index is 13.3. The number of halogens is 1. The molecule has 32 heavy (non-hydrogen) atoms. The van der Waals surface area contributed by atoms with E-state index in [-0.39, 0.29) is 17.2 Å². The number of Topliss-reactive ketones (excluding diaryl/α,β-unsaturated/α-hetero) is 1. The Balaban J connectivity index is 1.44. The molecule has 8 nitrogen and oxygen atoms in total. The minimum Gasteiger partial charge on any atom is -0.453 e. The Bertz CT molecular complexity index is 1150.